The highest BCUT2D eigenvalue weighted by Crippen LogP contribution is 2.34. The third kappa shape index (κ3) is 6.77. The number of nitrogens with one attached hydrogen (secondary N) is 3. The fourth-order valence-corrected chi connectivity index (χ4v) is 4.77. The van der Waals surface area contributed by atoms with E-state index >= 15 is 0 Å². The first kappa shape index (κ1) is 26.4. The van der Waals surface area contributed by atoms with Gasteiger partial charge in [0.2, 0.25) is 0 Å². The summed E-state index contributed by atoms with van der Waals surface area (Å²) in [7, 11) is 1.83. The molecule has 0 spiro atoms. The molecule has 4 rings (SSSR count). The van der Waals surface area contributed by atoms with Crippen molar-refractivity contribution < 1.29 is 8.78 Å². The molecule has 3 aromatic rings. The van der Waals surface area contributed by atoms with Gasteiger partial charge in [0.05, 0.1) is 13.3 Å². The molecule has 37 heavy (non-hydrogen) atoms. The standard InChI is InChI=1S/C31H36F2N4/c1-22-4-11-28(12-5-22)35-21-36-29-15-17-37(20-29)31-13-8-25(18-26(31)14-16-32)30(19-34-3)23(2)24-6-9-27(33)10-7-24/h4-13,18-19,29,34-36H,2,14-17,20-21H2,1,3H3/b30-19+. The van der Waals surface area contributed by atoms with Crippen LogP contribution < -0.4 is 20.9 Å². The van der Waals surface area contributed by atoms with Gasteiger partial charge in [-0.15, -0.1) is 0 Å². The zero-order valence-electron chi connectivity index (χ0n) is 21.7. The Balaban J connectivity index is 1.46. The SMILES string of the molecule is C=C(/C(=C\NC)c1ccc(N2CCC(NCNc3ccc(C)cc3)C2)c(CCF)c1)c1ccc(F)cc1. The van der Waals surface area contributed by atoms with Gasteiger partial charge in [0.25, 0.3) is 0 Å². The van der Waals surface area contributed by atoms with Crippen molar-refractivity contribution >= 4 is 22.5 Å². The minimum absolute atomic E-state index is 0.283. The third-order valence-electron chi connectivity index (χ3n) is 6.82. The molecule has 1 aliphatic heterocycles. The van der Waals surface area contributed by atoms with Crippen LogP contribution in [0.25, 0.3) is 11.1 Å². The quantitative estimate of drug-likeness (QED) is 0.217. The number of rotatable bonds is 11. The molecule has 1 unspecified atom stereocenters. The van der Waals surface area contributed by atoms with E-state index in [1.54, 1.807) is 12.1 Å². The lowest BCUT2D eigenvalue weighted by molar-refractivity contribution is 0.495. The van der Waals surface area contributed by atoms with Gasteiger partial charge >= 0.3 is 0 Å². The van der Waals surface area contributed by atoms with Gasteiger partial charge in [-0.1, -0.05) is 42.5 Å². The van der Waals surface area contributed by atoms with Gasteiger partial charge in [-0.25, -0.2) is 4.39 Å². The largest absolute Gasteiger partial charge is 0.393 e. The molecule has 3 N–H and O–H groups in total. The molecule has 0 aromatic heterocycles. The Hall–Kier alpha value is -3.64. The second-order valence-corrected chi connectivity index (χ2v) is 9.47. The van der Waals surface area contributed by atoms with Crippen LogP contribution in [-0.4, -0.2) is 39.5 Å². The van der Waals surface area contributed by atoms with Crippen molar-refractivity contribution in [2.75, 3.05) is 43.7 Å². The molecule has 0 radical (unpaired) electrons. The van der Waals surface area contributed by atoms with Gasteiger partial charge < -0.3 is 15.5 Å². The Morgan fingerprint density at radius 3 is 2.49 bits per heavy atom. The summed E-state index contributed by atoms with van der Waals surface area (Å²) in [4.78, 5) is 2.34. The van der Waals surface area contributed by atoms with E-state index in [1.807, 2.05) is 13.2 Å². The number of benzene rings is 3. The van der Waals surface area contributed by atoms with E-state index in [4.69, 9.17) is 0 Å². The fraction of sp³-hybridized carbons (Fsp3) is 0.290. The number of nitrogens with zero attached hydrogens (tertiary/aromatic N) is 1. The summed E-state index contributed by atoms with van der Waals surface area (Å²) in [6.45, 7) is 8.41. The van der Waals surface area contributed by atoms with Gasteiger partial charge in [0.1, 0.15) is 5.82 Å². The van der Waals surface area contributed by atoms with Crippen molar-refractivity contribution in [3.05, 3.63) is 108 Å². The molecule has 3 aromatic carbocycles. The first-order chi connectivity index (χ1) is 18.0. The van der Waals surface area contributed by atoms with Crippen molar-refractivity contribution in [3.8, 4) is 0 Å². The predicted molar refractivity (Wildman–Crippen MR) is 152 cm³/mol. The molecule has 6 heteroatoms. The Kier molecular flexibility index (Phi) is 8.96. The van der Waals surface area contributed by atoms with Crippen LogP contribution in [0.5, 0.6) is 0 Å². The maximum absolute atomic E-state index is 13.6. The van der Waals surface area contributed by atoms with Crippen LogP contribution in [0.3, 0.4) is 0 Å². The second-order valence-electron chi connectivity index (χ2n) is 9.47. The summed E-state index contributed by atoms with van der Waals surface area (Å²) in [5.41, 5.74) is 7.86. The van der Waals surface area contributed by atoms with Gasteiger partial charge in [0.15, 0.2) is 0 Å². The summed E-state index contributed by atoms with van der Waals surface area (Å²) in [5, 5.41) is 10.1. The normalized spacial score (nSPS) is 15.6. The molecule has 1 saturated heterocycles. The van der Waals surface area contributed by atoms with Crippen LogP contribution in [0.15, 0.2) is 79.5 Å². The first-order valence-electron chi connectivity index (χ1n) is 12.8. The summed E-state index contributed by atoms with van der Waals surface area (Å²) >= 11 is 0. The highest BCUT2D eigenvalue weighted by molar-refractivity contribution is 6.04. The van der Waals surface area contributed by atoms with Gasteiger partial charge in [-0.3, -0.25) is 9.71 Å². The Bertz CT molecular complexity index is 1220. The van der Waals surface area contributed by atoms with Crippen LogP contribution in [-0.2, 0) is 6.42 Å². The van der Waals surface area contributed by atoms with Crippen molar-refractivity contribution in [1.29, 1.82) is 0 Å². The highest BCUT2D eigenvalue weighted by Gasteiger charge is 2.24. The highest BCUT2D eigenvalue weighted by atomic mass is 19.1. The number of hydrogen-bond acceptors (Lipinski definition) is 4. The number of hydrogen-bond donors (Lipinski definition) is 3. The van der Waals surface area contributed by atoms with Crippen LogP contribution in [0.4, 0.5) is 20.2 Å². The molecule has 1 fully saturated rings. The Morgan fingerprint density at radius 1 is 1.05 bits per heavy atom. The van der Waals surface area contributed by atoms with Crippen LogP contribution in [0.1, 0.15) is 28.7 Å². The van der Waals surface area contributed by atoms with Gasteiger partial charge in [-0.05, 0) is 72.0 Å². The smallest absolute Gasteiger partial charge is 0.123 e. The van der Waals surface area contributed by atoms with E-state index in [2.05, 4.69) is 76.8 Å². The van der Waals surface area contributed by atoms with Crippen molar-refractivity contribution in [1.82, 2.24) is 10.6 Å². The average Bonchev–Trinajstić information content (AvgIpc) is 3.37. The minimum atomic E-state index is -0.420. The number of alkyl halides is 1. The van der Waals surface area contributed by atoms with Gasteiger partial charge in [-0.2, -0.15) is 0 Å². The molecule has 1 heterocycles. The molecule has 0 bridgehead atoms. The monoisotopic (exact) mass is 502 g/mol. The number of allylic oxidation sites excluding steroid dienone is 2. The van der Waals surface area contributed by atoms with E-state index in [9.17, 15) is 8.78 Å². The summed E-state index contributed by atoms with van der Waals surface area (Å²) < 4.78 is 27.0. The average molecular weight is 503 g/mol. The molecule has 0 aliphatic carbocycles. The molecule has 4 nitrogen and oxygen atoms in total. The zero-order chi connectivity index (χ0) is 26.2. The summed E-state index contributed by atoms with van der Waals surface area (Å²) in [6, 6.07) is 21.3. The second kappa shape index (κ2) is 12.5. The molecule has 1 aliphatic rings. The van der Waals surface area contributed by atoms with E-state index in [-0.39, 0.29) is 5.82 Å². The van der Waals surface area contributed by atoms with Crippen LogP contribution in [0.2, 0.25) is 0 Å². The van der Waals surface area contributed by atoms with Crippen molar-refractivity contribution in [2.24, 2.45) is 0 Å². The third-order valence-corrected chi connectivity index (χ3v) is 6.82. The lowest BCUT2D eigenvalue weighted by Gasteiger charge is -2.24. The maximum atomic E-state index is 13.6. The lowest BCUT2D eigenvalue weighted by atomic mass is 9.92. The van der Waals surface area contributed by atoms with E-state index < -0.39 is 6.67 Å². The van der Waals surface area contributed by atoms with Crippen LogP contribution in [0, 0.1) is 12.7 Å². The molecule has 0 amide bonds. The van der Waals surface area contributed by atoms with E-state index in [0.29, 0.717) is 19.1 Å². The number of anilines is 2. The van der Waals surface area contributed by atoms with Crippen molar-refractivity contribution in [3.63, 3.8) is 0 Å². The van der Waals surface area contributed by atoms with E-state index in [1.165, 1.54) is 17.7 Å². The topological polar surface area (TPSA) is 39.3 Å². The fourth-order valence-electron chi connectivity index (χ4n) is 4.77. The molecule has 0 saturated carbocycles. The predicted octanol–water partition coefficient (Wildman–Crippen LogP) is 6.16. The number of aryl methyl sites for hydroxylation is 2. The molecular formula is C31H36F2N4. The maximum Gasteiger partial charge on any atom is 0.123 e. The Labute approximate surface area is 219 Å². The lowest BCUT2D eigenvalue weighted by Crippen LogP contribution is -2.36. The summed E-state index contributed by atoms with van der Waals surface area (Å²) in [5.74, 6) is -0.283. The molecular weight excluding hydrogens is 466 g/mol. The summed E-state index contributed by atoms with van der Waals surface area (Å²) in [6.07, 6.45) is 3.26. The zero-order valence-corrected chi connectivity index (χ0v) is 21.7. The minimum Gasteiger partial charge on any atom is -0.393 e. The first-order valence-corrected chi connectivity index (χ1v) is 12.8. The van der Waals surface area contributed by atoms with Crippen molar-refractivity contribution in [2.45, 2.75) is 25.8 Å². The Morgan fingerprint density at radius 2 is 1.78 bits per heavy atom. The number of halogens is 2. The van der Waals surface area contributed by atoms with Gasteiger partial charge in [0, 0.05) is 55.7 Å². The molecule has 194 valence electrons. The van der Waals surface area contributed by atoms with Crippen LogP contribution >= 0.6 is 0 Å². The molecule has 1 atom stereocenters. The van der Waals surface area contributed by atoms with E-state index in [0.717, 1.165) is 58.7 Å².